The summed E-state index contributed by atoms with van der Waals surface area (Å²) < 4.78 is 0. The summed E-state index contributed by atoms with van der Waals surface area (Å²) in [4.78, 5) is 19.9. The van der Waals surface area contributed by atoms with Crippen molar-refractivity contribution < 1.29 is 4.79 Å². The quantitative estimate of drug-likeness (QED) is 0.818. The fourth-order valence-electron chi connectivity index (χ4n) is 1.19. The summed E-state index contributed by atoms with van der Waals surface area (Å²) in [5.74, 6) is 0.413. The Kier molecular flexibility index (Phi) is 4.87. The maximum Gasteiger partial charge on any atom is 0.254 e. The van der Waals surface area contributed by atoms with Gasteiger partial charge in [0.2, 0.25) is 5.95 Å². The molecule has 0 fully saturated rings. The van der Waals surface area contributed by atoms with Gasteiger partial charge < -0.3 is 10.6 Å². The van der Waals surface area contributed by atoms with E-state index in [1.807, 2.05) is 27.7 Å². The largest absolute Gasteiger partial charge is 0.352 e. The van der Waals surface area contributed by atoms with Gasteiger partial charge in [0.15, 0.2) is 0 Å². The summed E-state index contributed by atoms with van der Waals surface area (Å²) in [7, 11) is 0. The Hall–Kier alpha value is -1.65. The third-order valence-electron chi connectivity index (χ3n) is 2.32. The molecule has 0 aliphatic rings. The molecule has 1 atom stereocenters. The predicted octanol–water partition coefficient (Wildman–Crippen LogP) is 1.83. The van der Waals surface area contributed by atoms with Crippen LogP contribution in [0.1, 0.15) is 44.5 Å². The number of anilines is 1. The minimum Gasteiger partial charge on any atom is -0.352 e. The highest BCUT2D eigenvalue weighted by atomic mass is 16.1. The Bertz CT molecular complexity index is 361. The van der Waals surface area contributed by atoms with Gasteiger partial charge in [0, 0.05) is 24.5 Å². The molecule has 1 amide bonds. The van der Waals surface area contributed by atoms with Gasteiger partial charge in [0.25, 0.3) is 5.91 Å². The molecular formula is C12H20N4O. The topological polar surface area (TPSA) is 66.9 Å². The molecule has 2 N–H and O–H groups in total. The minimum atomic E-state index is -0.129. The van der Waals surface area contributed by atoms with Gasteiger partial charge >= 0.3 is 0 Å². The molecule has 0 radical (unpaired) electrons. The van der Waals surface area contributed by atoms with Crippen LogP contribution in [0.15, 0.2) is 12.4 Å². The van der Waals surface area contributed by atoms with Gasteiger partial charge in [-0.1, -0.05) is 6.92 Å². The van der Waals surface area contributed by atoms with Crippen LogP contribution in [0.4, 0.5) is 5.95 Å². The van der Waals surface area contributed by atoms with Crippen molar-refractivity contribution in [3.8, 4) is 0 Å². The van der Waals surface area contributed by atoms with Gasteiger partial charge in [0.1, 0.15) is 0 Å². The zero-order valence-corrected chi connectivity index (χ0v) is 10.8. The first-order chi connectivity index (χ1) is 8.02. The van der Waals surface area contributed by atoms with Gasteiger partial charge in [-0.25, -0.2) is 9.97 Å². The molecular weight excluding hydrogens is 216 g/mol. The van der Waals surface area contributed by atoms with Crippen molar-refractivity contribution in [3.63, 3.8) is 0 Å². The highest BCUT2D eigenvalue weighted by Crippen LogP contribution is 2.02. The number of carbonyl (C=O) groups is 1. The number of nitrogens with zero attached hydrogens (tertiary/aromatic N) is 2. The van der Waals surface area contributed by atoms with E-state index in [4.69, 9.17) is 0 Å². The second-order valence-corrected chi connectivity index (χ2v) is 4.38. The first-order valence-electron chi connectivity index (χ1n) is 5.92. The van der Waals surface area contributed by atoms with Crippen LogP contribution in [0.2, 0.25) is 0 Å². The monoisotopic (exact) mass is 236 g/mol. The van der Waals surface area contributed by atoms with Crippen molar-refractivity contribution in [2.75, 3.05) is 5.32 Å². The lowest BCUT2D eigenvalue weighted by Crippen LogP contribution is -2.32. The number of carbonyl (C=O) groups excluding carboxylic acids is 1. The Morgan fingerprint density at radius 1 is 1.29 bits per heavy atom. The van der Waals surface area contributed by atoms with Crippen LogP contribution in [0.5, 0.6) is 0 Å². The van der Waals surface area contributed by atoms with E-state index >= 15 is 0 Å². The molecule has 0 aliphatic carbocycles. The highest BCUT2D eigenvalue weighted by molar-refractivity contribution is 5.93. The number of nitrogens with one attached hydrogen (secondary N) is 2. The molecule has 1 aromatic rings. The van der Waals surface area contributed by atoms with Crippen LogP contribution in [-0.2, 0) is 0 Å². The Balaban J connectivity index is 2.64. The van der Waals surface area contributed by atoms with Crippen LogP contribution in [0.3, 0.4) is 0 Å². The number of hydrogen-bond acceptors (Lipinski definition) is 4. The lowest BCUT2D eigenvalue weighted by molar-refractivity contribution is 0.0938. The van der Waals surface area contributed by atoms with Gasteiger partial charge in [-0.05, 0) is 27.2 Å². The minimum absolute atomic E-state index is 0.129. The lowest BCUT2D eigenvalue weighted by Gasteiger charge is -2.11. The van der Waals surface area contributed by atoms with E-state index in [0.717, 1.165) is 6.42 Å². The summed E-state index contributed by atoms with van der Waals surface area (Å²) in [6.45, 7) is 8.00. The summed E-state index contributed by atoms with van der Waals surface area (Å²) in [5, 5.41) is 5.94. The zero-order chi connectivity index (χ0) is 12.8. The molecule has 1 unspecified atom stereocenters. The standard InChI is InChI=1S/C12H20N4O/c1-5-9(4)16-11(17)10-6-13-12(14-7-10)15-8(2)3/h6-9H,5H2,1-4H3,(H,16,17)(H,13,14,15). The molecule has 0 spiro atoms. The van der Waals surface area contributed by atoms with Crippen molar-refractivity contribution in [2.45, 2.75) is 46.2 Å². The second kappa shape index (κ2) is 6.18. The molecule has 5 heteroatoms. The van der Waals surface area contributed by atoms with Gasteiger partial charge in [-0.3, -0.25) is 4.79 Å². The van der Waals surface area contributed by atoms with E-state index in [-0.39, 0.29) is 18.0 Å². The molecule has 17 heavy (non-hydrogen) atoms. The predicted molar refractivity (Wildman–Crippen MR) is 68.0 cm³/mol. The van der Waals surface area contributed by atoms with E-state index in [2.05, 4.69) is 20.6 Å². The molecule has 0 aromatic carbocycles. The molecule has 94 valence electrons. The first-order valence-corrected chi connectivity index (χ1v) is 5.92. The number of amides is 1. The molecule has 1 aromatic heterocycles. The van der Waals surface area contributed by atoms with Gasteiger partial charge in [-0.2, -0.15) is 0 Å². The normalized spacial score (nSPS) is 12.3. The maximum atomic E-state index is 11.7. The fourth-order valence-corrected chi connectivity index (χ4v) is 1.19. The first kappa shape index (κ1) is 13.4. The zero-order valence-electron chi connectivity index (χ0n) is 10.8. The van der Waals surface area contributed by atoms with Crippen LogP contribution < -0.4 is 10.6 Å². The van der Waals surface area contributed by atoms with E-state index in [9.17, 15) is 4.79 Å². The van der Waals surface area contributed by atoms with Crippen molar-refractivity contribution in [2.24, 2.45) is 0 Å². The van der Waals surface area contributed by atoms with Gasteiger partial charge in [-0.15, -0.1) is 0 Å². The smallest absolute Gasteiger partial charge is 0.254 e. The third kappa shape index (κ3) is 4.38. The average molecular weight is 236 g/mol. The molecule has 1 rings (SSSR count). The van der Waals surface area contributed by atoms with Crippen molar-refractivity contribution in [3.05, 3.63) is 18.0 Å². The summed E-state index contributed by atoms with van der Waals surface area (Å²) >= 11 is 0. The fraction of sp³-hybridized carbons (Fsp3) is 0.583. The number of aromatic nitrogens is 2. The van der Waals surface area contributed by atoms with Gasteiger partial charge in [0.05, 0.1) is 5.56 Å². The molecule has 0 bridgehead atoms. The third-order valence-corrected chi connectivity index (χ3v) is 2.32. The van der Waals surface area contributed by atoms with Crippen LogP contribution in [-0.4, -0.2) is 28.0 Å². The van der Waals surface area contributed by atoms with E-state index in [1.54, 1.807) is 0 Å². The average Bonchev–Trinajstić information content (AvgIpc) is 2.28. The number of hydrogen-bond donors (Lipinski definition) is 2. The Morgan fingerprint density at radius 3 is 2.35 bits per heavy atom. The second-order valence-electron chi connectivity index (χ2n) is 4.38. The molecule has 0 saturated heterocycles. The number of rotatable bonds is 5. The van der Waals surface area contributed by atoms with Crippen molar-refractivity contribution in [1.82, 2.24) is 15.3 Å². The molecule has 5 nitrogen and oxygen atoms in total. The summed E-state index contributed by atoms with van der Waals surface area (Å²) in [5.41, 5.74) is 0.486. The van der Waals surface area contributed by atoms with Crippen LogP contribution in [0.25, 0.3) is 0 Å². The van der Waals surface area contributed by atoms with E-state index < -0.39 is 0 Å². The van der Waals surface area contributed by atoms with Crippen LogP contribution in [0, 0.1) is 0 Å². The summed E-state index contributed by atoms with van der Waals surface area (Å²) in [6, 6.07) is 0.436. The summed E-state index contributed by atoms with van der Waals surface area (Å²) in [6.07, 6.45) is 3.98. The van der Waals surface area contributed by atoms with E-state index in [0.29, 0.717) is 11.5 Å². The van der Waals surface area contributed by atoms with Crippen molar-refractivity contribution in [1.29, 1.82) is 0 Å². The highest BCUT2D eigenvalue weighted by Gasteiger charge is 2.09. The molecule has 1 heterocycles. The van der Waals surface area contributed by atoms with Crippen LogP contribution >= 0.6 is 0 Å². The Labute approximate surface area is 102 Å². The van der Waals surface area contributed by atoms with E-state index in [1.165, 1.54) is 12.4 Å². The van der Waals surface area contributed by atoms with Crippen molar-refractivity contribution >= 4 is 11.9 Å². The lowest BCUT2D eigenvalue weighted by atomic mass is 10.2. The Morgan fingerprint density at radius 2 is 1.88 bits per heavy atom. The molecule has 0 saturated carbocycles. The molecule has 0 aliphatic heterocycles. The SMILES string of the molecule is CCC(C)NC(=O)c1cnc(NC(C)C)nc1. The maximum absolute atomic E-state index is 11.7.